The van der Waals surface area contributed by atoms with E-state index in [1.54, 1.807) is 18.9 Å². The molecule has 152 valence electrons. The smallest absolute Gasteiger partial charge is 0.305 e. The molecule has 0 aliphatic carbocycles. The number of hydrogen-bond donors (Lipinski definition) is 0. The zero-order valence-corrected chi connectivity index (χ0v) is 17.7. The van der Waals surface area contributed by atoms with Gasteiger partial charge in [0.25, 0.3) is 0 Å². The largest absolute Gasteiger partial charge is 0.497 e. The van der Waals surface area contributed by atoms with Crippen LogP contribution in [0, 0.1) is 6.92 Å². The number of hydrogen-bond acceptors (Lipinski definition) is 6. The number of methoxy groups -OCH3 is 1. The lowest BCUT2D eigenvalue weighted by molar-refractivity contribution is -0.143. The number of rotatable bonds is 9. The Balaban J connectivity index is 1.85. The average molecular weight is 412 g/mol. The van der Waals surface area contributed by atoms with E-state index in [0.29, 0.717) is 13.0 Å². The fourth-order valence-corrected chi connectivity index (χ4v) is 3.72. The van der Waals surface area contributed by atoms with E-state index in [1.807, 2.05) is 31.2 Å². The molecule has 0 amide bonds. The first-order chi connectivity index (χ1) is 14.1. The first kappa shape index (κ1) is 20.9. The Morgan fingerprint density at radius 3 is 2.45 bits per heavy atom. The Hall–Kier alpha value is -2.80. The monoisotopic (exact) mass is 411 g/mol. The third-order valence-electron chi connectivity index (χ3n) is 4.34. The SMILES string of the molecule is CCOC(=O)CCCSc1nnc(-c2ccc(OC)cc2)n1-c1ccc(C)cc1. The number of thioether (sulfide) groups is 1. The van der Waals surface area contributed by atoms with Crippen molar-refractivity contribution in [3.63, 3.8) is 0 Å². The van der Waals surface area contributed by atoms with Gasteiger partial charge in [0.05, 0.1) is 13.7 Å². The zero-order valence-electron chi connectivity index (χ0n) is 16.9. The van der Waals surface area contributed by atoms with Gasteiger partial charge in [0, 0.05) is 23.4 Å². The van der Waals surface area contributed by atoms with Crippen LogP contribution < -0.4 is 4.74 Å². The molecule has 3 aromatic rings. The zero-order chi connectivity index (χ0) is 20.6. The molecule has 0 bridgehead atoms. The lowest BCUT2D eigenvalue weighted by atomic mass is 10.2. The van der Waals surface area contributed by atoms with E-state index in [-0.39, 0.29) is 5.97 Å². The summed E-state index contributed by atoms with van der Waals surface area (Å²) in [6.45, 7) is 4.29. The van der Waals surface area contributed by atoms with Gasteiger partial charge in [-0.15, -0.1) is 10.2 Å². The summed E-state index contributed by atoms with van der Waals surface area (Å²) < 4.78 is 12.3. The predicted octanol–water partition coefficient (Wildman–Crippen LogP) is 4.69. The standard InChI is InChI=1S/C22H25N3O3S/c1-4-28-20(26)6-5-15-29-22-24-23-21(17-9-13-19(27-3)14-10-17)25(22)18-11-7-16(2)8-12-18/h7-14H,4-6,15H2,1-3H3. The van der Waals surface area contributed by atoms with Crippen molar-refractivity contribution in [2.75, 3.05) is 19.5 Å². The number of carbonyl (C=O) groups excluding carboxylic acids is 1. The number of carbonyl (C=O) groups is 1. The lowest BCUT2D eigenvalue weighted by Crippen LogP contribution is -2.04. The number of benzene rings is 2. The molecule has 6 nitrogen and oxygen atoms in total. The summed E-state index contributed by atoms with van der Waals surface area (Å²) in [5.41, 5.74) is 3.15. The van der Waals surface area contributed by atoms with Gasteiger partial charge in [-0.1, -0.05) is 29.5 Å². The van der Waals surface area contributed by atoms with Crippen molar-refractivity contribution in [2.45, 2.75) is 31.8 Å². The Kier molecular flexibility index (Phi) is 7.30. The molecule has 0 unspecified atom stereocenters. The third kappa shape index (κ3) is 5.38. The Labute approximate surface area is 175 Å². The van der Waals surface area contributed by atoms with Crippen molar-refractivity contribution in [3.05, 3.63) is 54.1 Å². The van der Waals surface area contributed by atoms with Crippen LogP contribution >= 0.6 is 11.8 Å². The molecule has 0 atom stereocenters. The van der Waals surface area contributed by atoms with Gasteiger partial charge in [0.2, 0.25) is 0 Å². The average Bonchev–Trinajstić information content (AvgIpc) is 3.16. The first-order valence-electron chi connectivity index (χ1n) is 9.57. The second-order valence-electron chi connectivity index (χ2n) is 6.46. The number of nitrogens with zero attached hydrogens (tertiary/aromatic N) is 3. The van der Waals surface area contributed by atoms with Crippen molar-refractivity contribution in [3.8, 4) is 22.8 Å². The van der Waals surface area contributed by atoms with Gasteiger partial charge < -0.3 is 9.47 Å². The molecular weight excluding hydrogens is 386 g/mol. The fourth-order valence-electron chi connectivity index (χ4n) is 2.83. The van der Waals surface area contributed by atoms with Gasteiger partial charge in [0.1, 0.15) is 5.75 Å². The summed E-state index contributed by atoms with van der Waals surface area (Å²) in [4.78, 5) is 11.5. The number of ether oxygens (including phenoxy) is 2. The highest BCUT2D eigenvalue weighted by Gasteiger charge is 2.16. The van der Waals surface area contributed by atoms with Gasteiger partial charge >= 0.3 is 5.97 Å². The van der Waals surface area contributed by atoms with Crippen molar-refractivity contribution in [1.82, 2.24) is 14.8 Å². The van der Waals surface area contributed by atoms with E-state index in [9.17, 15) is 4.79 Å². The summed E-state index contributed by atoms with van der Waals surface area (Å²) in [6.07, 6.45) is 1.13. The van der Waals surface area contributed by atoms with Crippen molar-refractivity contribution < 1.29 is 14.3 Å². The molecule has 3 rings (SSSR count). The predicted molar refractivity (Wildman–Crippen MR) is 115 cm³/mol. The minimum atomic E-state index is -0.160. The van der Waals surface area contributed by atoms with Crippen LogP contribution in [0.2, 0.25) is 0 Å². The molecule has 0 aliphatic rings. The molecule has 0 N–H and O–H groups in total. The summed E-state index contributed by atoms with van der Waals surface area (Å²) >= 11 is 1.59. The Morgan fingerprint density at radius 2 is 1.79 bits per heavy atom. The van der Waals surface area contributed by atoms with Crippen molar-refractivity contribution in [1.29, 1.82) is 0 Å². The van der Waals surface area contributed by atoms with Gasteiger partial charge in [-0.2, -0.15) is 0 Å². The van der Waals surface area contributed by atoms with Crippen LogP contribution in [-0.4, -0.2) is 40.2 Å². The first-order valence-corrected chi connectivity index (χ1v) is 10.6. The highest BCUT2D eigenvalue weighted by Crippen LogP contribution is 2.29. The molecular formula is C22H25N3O3S. The third-order valence-corrected chi connectivity index (χ3v) is 5.35. The number of esters is 1. The van der Waals surface area contributed by atoms with Crippen LogP contribution in [-0.2, 0) is 9.53 Å². The van der Waals surface area contributed by atoms with E-state index in [2.05, 4.69) is 46.0 Å². The highest BCUT2D eigenvalue weighted by atomic mass is 32.2. The molecule has 0 saturated carbocycles. The molecule has 0 fully saturated rings. The Morgan fingerprint density at radius 1 is 1.07 bits per heavy atom. The van der Waals surface area contributed by atoms with Crippen molar-refractivity contribution in [2.24, 2.45) is 0 Å². The summed E-state index contributed by atoms with van der Waals surface area (Å²) in [6, 6.07) is 16.0. The van der Waals surface area contributed by atoms with E-state index < -0.39 is 0 Å². The maximum atomic E-state index is 11.5. The fraction of sp³-hybridized carbons (Fsp3) is 0.318. The molecule has 0 radical (unpaired) electrons. The lowest BCUT2D eigenvalue weighted by Gasteiger charge is -2.11. The maximum absolute atomic E-state index is 11.5. The van der Waals surface area contributed by atoms with Crippen LogP contribution in [0.15, 0.2) is 53.7 Å². The second kappa shape index (κ2) is 10.1. The van der Waals surface area contributed by atoms with E-state index in [0.717, 1.165) is 40.2 Å². The second-order valence-corrected chi connectivity index (χ2v) is 7.52. The van der Waals surface area contributed by atoms with E-state index in [4.69, 9.17) is 9.47 Å². The number of aromatic nitrogens is 3. The normalized spacial score (nSPS) is 10.7. The molecule has 1 aromatic heterocycles. The van der Waals surface area contributed by atoms with Crippen LogP contribution in [0.25, 0.3) is 17.1 Å². The van der Waals surface area contributed by atoms with Crippen molar-refractivity contribution >= 4 is 17.7 Å². The molecule has 29 heavy (non-hydrogen) atoms. The maximum Gasteiger partial charge on any atom is 0.305 e. The minimum absolute atomic E-state index is 0.160. The molecule has 0 spiro atoms. The summed E-state index contributed by atoms with van der Waals surface area (Å²) in [5, 5.41) is 9.65. The van der Waals surface area contributed by atoms with Gasteiger partial charge in [0.15, 0.2) is 11.0 Å². The van der Waals surface area contributed by atoms with Crippen LogP contribution in [0.1, 0.15) is 25.3 Å². The van der Waals surface area contributed by atoms with Gasteiger partial charge in [-0.05, 0) is 56.7 Å². The van der Waals surface area contributed by atoms with Crippen LogP contribution in [0.3, 0.4) is 0 Å². The van der Waals surface area contributed by atoms with E-state index in [1.165, 1.54) is 5.56 Å². The van der Waals surface area contributed by atoms with Gasteiger partial charge in [-0.3, -0.25) is 9.36 Å². The molecule has 2 aromatic carbocycles. The highest BCUT2D eigenvalue weighted by molar-refractivity contribution is 7.99. The minimum Gasteiger partial charge on any atom is -0.497 e. The topological polar surface area (TPSA) is 66.2 Å². The molecule has 7 heteroatoms. The summed E-state index contributed by atoms with van der Waals surface area (Å²) in [7, 11) is 1.65. The summed E-state index contributed by atoms with van der Waals surface area (Å²) in [5.74, 6) is 2.16. The Bertz CT molecular complexity index is 937. The molecule has 1 heterocycles. The molecule has 0 aliphatic heterocycles. The van der Waals surface area contributed by atoms with E-state index >= 15 is 0 Å². The van der Waals surface area contributed by atoms with Gasteiger partial charge in [-0.25, -0.2) is 0 Å². The quantitative estimate of drug-likeness (QED) is 0.289. The molecule has 0 saturated heterocycles. The van der Waals surface area contributed by atoms with Crippen LogP contribution in [0.4, 0.5) is 0 Å². The number of aryl methyl sites for hydroxylation is 1. The van der Waals surface area contributed by atoms with Crippen LogP contribution in [0.5, 0.6) is 5.75 Å².